The molecule has 164 valence electrons. The number of nitrogens with zero attached hydrogens (tertiary/aromatic N) is 1. The number of benzene rings is 1. The van der Waals surface area contributed by atoms with Crippen LogP contribution in [0.3, 0.4) is 0 Å². The molecule has 0 bridgehead atoms. The molecular weight excluding hydrogens is 401 g/mol. The molecule has 1 aliphatic carbocycles. The summed E-state index contributed by atoms with van der Waals surface area (Å²) in [6.07, 6.45) is 3.84. The minimum Gasteiger partial charge on any atom is -0.313 e. The lowest BCUT2D eigenvalue weighted by Gasteiger charge is -2.31. The zero-order valence-corrected chi connectivity index (χ0v) is 17.7. The van der Waals surface area contributed by atoms with E-state index in [2.05, 4.69) is 11.9 Å². The zero-order chi connectivity index (χ0) is 21.5. The van der Waals surface area contributed by atoms with E-state index in [1.165, 1.54) is 17.8 Å². The first-order chi connectivity index (χ1) is 13.6. The Morgan fingerprint density at radius 1 is 1.14 bits per heavy atom. The van der Waals surface area contributed by atoms with Crippen LogP contribution >= 0.6 is 0 Å². The molecule has 0 amide bonds. The molecule has 0 aliphatic heterocycles. The summed E-state index contributed by atoms with van der Waals surface area (Å²) < 4.78 is 64.7. The summed E-state index contributed by atoms with van der Waals surface area (Å²) in [6, 6.07) is 3.70. The Morgan fingerprint density at radius 2 is 1.72 bits per heavy atom. The number of rotatable bonds is 10. The Labute approximate surface area is 172 Å². The van der Waals surface area contributed by atoms with Crippen LogP contribution in [0.25, 0.3) is 0 Å². The number of sulfonamides is 1. The van der Waals surface area contributed by atoms with Gasteiger partial charge in [0.05, 0.1) is 10.5 Å². The van der Waals surface area contributed by atoms with Crippen molar-refractivity contribution in [3.8, 4) is 0 Å². The largest absolute Gasteiger partial charge is 0.416 e. The van der Waals surface area contributed by atoms with Gasteiger partial charge in [0.1, 0.15) is 0 Å². The third-order valence-corrected chi connectivity index (χ3v) is 7.46. The van der Waals surface area contributed by atoms with E-state index in [9.17, 15) is 21.6 Å². The van der Waals surface area contributed by atoms with Crippen LogP contribution in [0.2, 0.25) is 0 Å². The normalized spacial score (nSPS) is 20.7. The minimum atomic E-state index is -4.48. The molecule has 4 nitrogen and oxygen atoms in total. The third-order valence-electron chi connectivity index (χ3n) is 5.63. The van der Waals surface area contributed by atoms with Crippen LogP contribution < -0.4 is 5.32 Å². The van der Waals surface area contributed by atoms with Crippen molar-refractivity contribution in [3.05, 3.63) is 42.5 Å². The molecule has 29 heavy (non-hydrogen) atoms. The Balaban J connectivity index is 1.82. The van der Waals surface area contributed by atoms with Crippen molar-refractivity contribution in [1.29, 1.82) is 0 Å². The molecule has 0 unspecified atom stereocenters. The summed E-state index contributed by atoms with van der Waals surface area (Å²) in [5.41, 5.74) is -0.850. The van der Waals surface area contributed by atoms with Gasteiger partial charge in [-0.1, -0.05) is 18.9 Å². The van der Waals surface area contributed by atoms with Crippen LogP contribution in [0, 0.1) is 11.8 Å². The van der Waals surface area contributed by atoms with E-state index in [1.807, 2.05) is 6.08 Å². The van der Waals surface area contributed by atoms with E-state index in [4.69, 9.17) is 0 Å². The molecule has 1 fully saturated rings. The first-order valence-electron chi connectivity index (χ1n) is 10.1. The highest BCUT2D eigenvalue weighted by Gasteiger charge is 2.32. The number of nitrogens with one attached hydrogen (secondary N) is 1. The predicted molar refractivity (Wildman–Crippen MR) is 109 cm³/mol. The quantitative estimate of drug-likeness (QED) is 0.431. The second kappa shape index (κ2) is 10.6. The second-order valence-electron chi connectivity index (χ2n) is 7.83. The van der Waals surface area contributed by atoms with Gasteiger partial charge in [0.2, 0.25) is 10.0 Å². The summed E-state index contributed by atoms with van der Waals surface area (Å²) in [4.78, 5) is -0.103. The summed E-state index contributed by atoms with van der Waals surface area (Å²) >= 11 is 0. The van der Waals surface area contributed by atoms with Gasteiger partial charge in [-0.25, -0.2) is 12.7 Å². The molecule has 0 aromatic heterocycles. The van der Waals surface area contributed by atoms with E-state index < -0.39 is 21.8 Å². The number of hydrogen-bond acceptors (Lipinski definition) is 3. The van der Waals surface area contributed by atoms with Crippen LogP contribution in [0.5, 0.6) is 0 Å². The maximum atomic E-state index is 12.7. The Morgan fingerprint density at radius 3 is 2.28 bits per heavy atom. The Hall–Kier alpha value is -1.38. The molecule has 1 N–H and O–H groups in total. The molecule has 1 saturated carbocycles. The molecular formula is C21H31F3N2O2S. The van der Waals surface area contributed by atoms with Crippen molar-refractivity contribution in [1.82, 2.24) is 9.62 Å². The molecule has 1 aromatic carbocycles. The van der Waals surface area contributed by atoms with Crippen LogP contribution in [0.1, 0.15) is 44.1 Å². The second-order valence-corrected chi connectivity index (χ2v) is 9.87. The summed E-state index contributed by atoms with van der Waals surface area (Å²) in [6.45, 7) is 5.89. The van der Waals surface area contributed by atoms with Crippen molar-refractivity contribution in [2.75, 3.05) is 26.7 Å². The average molecular weight is 433 g/mol. The van der Waals surface area contributed by atoms with E-state index in [-0.39, 0.29) is 4.90 Å². The summed E-state index contributed by atoms with van der Waals surface area (Å²) in [7, 11) is -2.28. The summed E-state index contributed by atoms with van der Waals surface area (Å²) in [5.74, 6) is 0.980. The van der Waals surface area contributed by atoms with Crippen LogP contribution in [-0.4, -0.2) is 39.4 Å². The maximum absolute atomic E-state index is 12.7. The fourth-order valence-corrected chi connectivity index (χ4v) is 5.13. The van der Waals surface area contributed by atoms with Crippen molar-refractivity contribution in [3.63, 3.8) is 0 Å². The zero-order valence-electron chi connectivity index (χ0n) is 16.9. The Kier molecular flexibility index (Phi) is 8.73. The predicted octanol–water partition coefficient (Wildman–Crippen LogP) is 4.69. The molecule has 0 saturated heterocycles. The summed E-state index contributed by atoms with van der Waals surface area (Å²) in [5, 5.41) is 3.30. The van der Waals surface area contributed by atoms with Crippen LogP contribution in [0.15, 0.2) is 41.8 Å². The fraction of sp³-hybridized carbons (Fsp3) is 0.619. The van der Waals surface area contributed by atoms with Crippen molar-refractivity contribution in [2.45, 2.75) is 49.6 Å². The van der Waals surface area contributed by atoms with Gasteiger partial charge < -0.3 is 5.32 Å². The minimum absolute atomic E-state index is 0.103. The number of hydrogen-bond donors (Lipinski definition) is 1. The van der Waals surface area contributed by atoms with E-state index in [0.29, 0.717) is 18.4 Å². The van der Waals surface area contributed by atoms with Gasteiger partial charge in [-0.2, -0.15) is 13.2 Å². The molecule has 1 aliphatic rings. The molecule has 0 heterocycles. The lowest BCUT2D eigenvalue weighted by molar-refractivity contribution is -0.137. The Bertz CT molecular complexity index is 740. The van der Waals surface area contributed by atoms with Crippen molar-refractivity contribution in [2.24, 2.45) is 11.8 Å². The SMILES string of the molecule is C=CCNCCC[C@H]1CC[C@H](CN(C)S(=O)(=O)c2ccc(C(F)(F)F)cc2)CC1. The van der Waals surface area contributed by atoms with Gasteiger partial charge in [0, 0.05) is 20.1 Å². The standard InChI is InChI=1S/C21H31F3N2O2S/c1-3-14-25-15-4-5-17-6-8-18(9-7-17)16-26(2)29(27,28)20-12-10-19(11-13-20)21(22,23)24/h3,10-13,17-18,25H,1,4-9,14-16H2,2H3/t17-,18-. The van der Waals surface area contributed by atoms with E-state index in [0.717, 1.165) is 69.5 Å². The molecule has 0 radical (unpaired) electrons. The number of halogens is 3. The highest BCUT2D eigenvalue weighted by Crippen LogP contribution is 2.33. The lowest BCUT2D eigenvalue weighted by atomic mass is 9.80. The first kappa shape index (κ1) is 23.9. The average Bonchev–Trinajstić information content (AvgIpc) is 2.68. The maximum Gasteiger partial charge on any atom is 0.416 e. The lowest BCUT2D eigenvalue weighted by Crippen LogP contribution is -2.33. The van der Waals surface area contributed by atoms with E-state index in [1.54, 1.807) is 0 Å². The van der Waals surface area contributed by atoms with Gasteiger partial charge in [0.15, 0.2) is 0 Å². The van der Waals surface area contributed by atoms with E-state index >= 15 is 0 Å². The first-order valence-corrected chi connectivity index (χ1v) is 11.5. The van der Waals surface area contributed by atoms with Gasteiger partial charge in [-0.15, -0.1) is 6.58 Å². The molecule has 1 aromatic rings. The topological polar surface area (TPSA) is 49.4 Å². The van der Waals surface area contributed by atoms with Gasteiger partial charge in [-0.3, -0.25) is 0 Å². The fourth-order valence-electron chi connectivity index (χ4n) is 3.88. The highest BCUT2D eigenvalue weighted by atomic mass is 32.2. The van der Waals surface area contributed by atoms with Gasteiger partial charge in [0.25, 0.3) is 0 Å². The molecule has 0 atom stereocenters. The van der Waals surface area contributed by atoms with Crippen LogP contribution in [-0.2, 0) is 16.2 Å². The number of alkyl halides is 3. The third kappa shape index (κ3) is 7.12. The van der Waals surface area contributed by atoms with Gasteiger partial charge >= 0.3 is 6.18 Å². The molecule has 2 rings (SSSR count). The highest BCUT2D eigenvalue weighted by molar-refractivity contribution is 7.89. The van der Waals surface area contributed by atoms with Crippen LogP contribution in [0.4, 0.5) is 13.2 Å². The monoisotopic (exact) mass is 432 g/mol. The molecule has 8 heteroatoms. The smallest absolute Gasteiger partial charge is 0.313 e. The van der Waals surface area contributed by atoms with Gasteiger partial charge in [-0.05, 0) is 68.3 Å². The van der Waals surface area contributed by atoms with Crippen molar-refractivity contribution >= 4 is 10.0 Å². The van der Waals surface area contributed by atoms with Crippen molar-refractivity contribution < 1.29 is 21.6 Å². The molecule has 0 spiro atoms.